The normalized spacial score (nSPS) is 14.4. The minimum atomic E-state index is -5.99. The van der Waals surface area contributed by atoms with Crippen LogP contribution in [0.25, 0.3) is 10.4 Å². The monoisotopic (exact) mass is 495 g/mol. The molecule has 0 aromatic heterocycles. The summed E-state index contributed by atoms with van der Waals surface area (Å²) in [6, 6.07) is 13.3. The molecule has 0 spiro atoms. The van der Waals surface area contributed by atoms with Gasteiger partial charge in [-0.3, -0.25) is 0 Å². The van der Waals surface area contributed by atoms with E-state index in [1.165, 1.54) is 24.3 Å². The van der Waals surface area contributed by atoms with Crippen LogP contribution < -0.4 is 24.9 Å². The summed E-state index contributed by atoms with van der Waals surface area (Å²) in [5.74, 6) is -5.23. The maximum absolute atomic E-state index is 14.1. The summed E-state index contributed by atoms with van der Waals surface area (Å²) in [5, 5.41) is 0.529. The number of hydrogen-bond donors (Lipinski definition) is 1. The van der Waals surface area contributed by atoms with Crippen LogP contribution in [0.4, 0.5) is 37.7 Å². The second-order valence-corrected chi connectivity index (χ2v) is 6.93. The van der Waals surface area contributed by atoms with E-state index in [4.69, 9.17) is 20.5 Å². The highest BCUT2D eigenvalue weighted by atomic mass is 19.4. The van der Waals surface area contributed by atoms with Gasteiger partial charge in [0.25, 0.3) is 0 Å². The molecule has 8 nitrogen and oxygen atoms in total. The van der Waals surface area contributed by atoms with Crippen molar-refractivity contribution in [1.29, 1.82) is 5.53 Å². The standard InChI is InChI=1S/C21H10F6N2O3.HN3/c22-19(23)20(24,21(25,26)27)32-15-7-3-6-14-18(15)29-12-9-16-11(8-17(12)31-14)28-10-4-1-2-5-13(10)30-16;1-3-2/h1-9,19H;1H. The summed E-state index contributed by atoms with van der Waals surface area (Å²) in [5.41, 5.74) is 12.5. The number of halogens is 6. The number of nitrogens with one attached hydrogen (secondary N) is 1. The number of nitrogens with zero attached hydrogens (tertiary/aromatic N) is 4. The molecular formula is C21H11F6N5O3. The van der Waals surface area contributed by atoms with E-state index in [9.17, 15) is 26.3 Å². The number of alkyl halides is 6. The Kier molecular flexibility index (Phi) is 5.91. The first-order valence-corrected chi connectivity index (χ1v) is 9.50. The molecular weight excluding hydrogens is 484 g/mol. The Morgan fingerprint density at radius 1 is 0.857 bits per heavy atom. The lowest BCUT2D eigenvalue weighted by molar-refractivity contribution is -0.340. The van der Waals surface area contributed by atoms with Gasteiger partial charge in [-0.2, -0.15) is 17.6 Å². The average molecular weight is 495 g/mol. The maximum atomic E-state index is 14.1. The lowest BCUT2D eigenvalue weighted by Crippen LogP contribution is -2.52. The average Bonchev–Trinajstić information content (AvgIpc) is 2.80. The zero-order valence-corrected chi connectivity index (χ0v) is 17.1. The third kappa shape index (κ3) is 4.26. The molecule has 3 aromatic rings. The molecule has 1 N–H and O–H groups in total. The zero-order chi connectivity index (χ0) is 25.4. The second kappa shape index (κ2) is 8.72. The SMILES string of the molecule is FC(F)C(F)(Oc1cccc2c1N=c1cc3c(cc1O2)=Nc1ccccc1O3)C(F)(F)F.[N-]=[N+]=N. The van der Waals surface area contributed by atoms with Gasteiger partial charge in [0, 0.05) is 12.1 Å². The molecule has 180 valence electrons. The van der Waals surface area contributed by atoms with Crippen molar-refractivity contribution in [2.24, 2.45) is 9.98 Å². The van der Waals surface area contributed by atoms with Crippen LogP contribution in [-0.4, -0.2) is 18.5 Å². The first kappa shape index (κ1) is 23.7. The molecule has 2 heterocycles. The summed E-state index contributed by atoms with van der Waals surface area (Å²) < 4.78 is 94.4. The van der Waals surface area contributed by atoms with E-state index in [1.54, 1.807) is 29.2 Å². The Bertz CT molecular complexity index is 1460. The highest BCUT2D eigenvalue weighted by Crippen LogP contribution is 2.47. The molecule has 35 heavy (non-hydrogen) atoms. The van der Waals surface area contributed by atoms with E-state index in [1.807, 2.05) is 0 Å². The predicted octanol–water partition coefficient (Wildman–Crippen LogP) is 6.55. The van der Waals surface area contributed by atoms with Gasteiger partial charge >= 0.3 is 18.5 Å². The summed E-state index contributed by atoms with van der Waals surface area (Å²) in [7, 11) is 0. The van der Waals surface area contributed by atoms with Crippen molar-refractivity contribution in [2.45, 2.75) is 18.5 Å². The van der Waals surface area contributed by atoms with Crippen LogP contribution in [0.3, 0.4) is 0 Å². The van der Waals surface area contributed by atoms with Crippen LogP contribution >= 0.6 is 0 Å². The Labute approximate surface area is 191 Å². The molecule has 0 radical (unpaired) electrons. The van der Waals surface area contributed by atoms with Gasteiger partial charge in [-0.15, -0.1) is 5.53 Å². The Hall–Kier alpha value is -4.45. The number of ether oxygens (including phenoxy) is 3. The molecule has 14 heteroatoms. The van der Waals surface area contributed by atoms with Crippen molar-refractivity contribution in [2.75, 3.05) is 0 Å². The Balaban J connectivity index is 0.000000917. The largest absolute Gasteiger partial charge is 0.466 e. The van der Waals surface area contributed by atoms with Crippen molar-refractivity contribution in [3.05, 3.63) is 75.8 Å². The summed E-state index contributed by atoms with van der Waals surface area (Å²) in [6.45, 7) is 0. The molecule has 0 fully saturated rings. The van der Waals surface area contributed by atoms with Crippen molar-refractivity contribution >= 4 is 11.4 Å². The molecule has 0 saturated carbocycles. The van der Waals surface area contributed by atoms with E-state index in [-0.39, 0.29) is 22.5 Å². The van der Waals surface area contributed by atoms with Crippen molar-refractivity contribution in [3.63, 3.8) is 0 Å². The Morgan fingerprint density at radius 3 is 2.06 bits per heavy atom. The molecule has 5 rings (SSSR count). The molecule has 2 aliphatic rings. The van der Waals surface area contributed by atoms with E-state index < -0.39 is 24.2 Å². The maximum Gasteiger partial charge on any atom is 0.466 e. The van der Waals surface area contributed by atoms with Gasteiger partial charge in [-0.1, -0.05) is 18.2 Å². The first-order valence-electron chi connectivity index (χ1n) is 9.50. The number of benzene rings is 3. The van der Waals surface area contributed by atoms with Gasteiger partial charge in [0.15, 0.2) is 28.7 Å². The highest BCUT2D eigenvalue weighted by molar-refractivity contribution is 5.65. The summed E-state index contributed by atoms with van der Waals surface area (Å²) in [4.78, 5) is 10.4. The van der Waals surface area contributed by atoms with E-state index in [0.29, 0.717) is 22.5 Å². The van der Waals surface area contributed by atoms with E-state index >= 15 is 0 Å². The van der Waals surface area contributed by atoms with Crippen LogP contribution in [-0.2, 0) is 0 Å². The lowest BCUT2D eigenvalue weighted by atomic mass is 10.2. The highest BCUT2D eigenvalue weighted by Gasteiger charge is 2.66. The van der Waals surface area contributed by atoms with Crippen LogP contribution in [0.15, 0.2) is 64.6 Å². The van der Waals surface area contributed by atoms with Gasteiger partial charge in [0.05, 0.1) is 0 Å². The Morgan fingerprint density at radius 2 is 1.43 bits per heavy atom. The topological polar surface area (TPSA) is 113 Å². The van der Waals surface area contributed by atoms with Crippen molar-refractivity contribution in [3.8, 4) is 28.7 Å². The summed E-state index contributed by atoms with van der Waals surface area (Å²) in [6.07, 6.45) is -10.5. The molecule has 0 aliphatic carbocycles. The molecule has 0 amide bonds. The van der Waals surface area contributed by atoms with Crippen molar-refractivity contribution < 1.29 is 40.6 Å². The third-order valence-corrected chi connectivity index (χ3v) is 4.71. The quantitative estimate of drug-likeness (QED) is 0.133. The fraction of sp³-hybridized carbons (Fsp3) is 0.143. The molecule has 0 bridgehead atoms. The minimum absolute atomic E-state index is 0.106. The molecule has 1 unspecified atom stereocenters. The molecule has 2 aliphatic heterocycles. The number of hydrogen-bond acceptors (Lipinski definition) is 6. The number of fused-ring (bicyclic) bond motifs is 4. The fourth-order valence-corrected chi connectivity index (χ4v) is 3.16. The van der Waals surface area contributed by atoms with Crippen LogP contribution in [0.5, 0.6) is 28.7 Å². The predicted molar refractivity (Wildman–Crippen MR) is 107 cm³/mol. The first-order chi connectivity index (χ1) is 16.6. The van der Waals surface area contributed by atoms with E-state index in [0.717, 1.165) is 6.07 Å². The molecule has 0 saturated heterocycles. The molecule has 1 atom stereocenters. The lowest BCUT2D eigenvalue weighted by Gasteiger charge is -2.28. The third-order valence-electron chi connectivity index (χ3n) is 4.71. The van der Waals surface area contributed by atoms with Gasteiger partial charge in [-0.25, -0.2) is 18.8 Å². The van der Waals surface area contributed by atoms with Crippen molar-refractivity contribution in [1.82, 2.24) is 0 Å². The van der Waals surface area contributed by atoms with Crippen LogP contribution in [0.1, 0.15) is 0 Å². The number of rotatable bonds is 3. The smallest absolute Gasteiger partial charge is 0.453 e. The minimum Gasteiger partial charge on any atom is -0.453 e. The van der Waals surface area contributed by atoms with Crippen LogP contribution in [0, 0.1) is 5.53 Å². The number of para-hydroxylation sites is 3. The molecule has 3 aromatic carbocycles. The van der Waals surface area contributed by atoms with Crippen LogP contribution in [0.2, 0.25) is 0 Å². The second-order valence-electron chi connectivity index (χ2n) is 6.93. The zero-order valence-electron chi connectivity index (χ0n) is 17.1. The van der Waals surface area contributed by atoms with E-state index in [2.05, 4.69) is 14.7 Å². The fourth-order valence-electron chi connectivity index (χ4n) is 3.16. The van der Waals surface area contributed by atoms with Gasteiger partial charge in [0.1, 0.15) is 22.1 Å². The van der Waals surface area contributed by atoms with Gasteiger partial charge in [0.2, 0.25) is 0 Å². The summed E-state index contributed by atoms with van der Waals surface area (Å²) >= 11 is 0. The van der Waals surface area contributed by atoms with Gasteiger partial charge < -0.3 is 14.2 Å². The van der Waals surface area contributed by atoms with Gasteiger partial charge in [-0.05, 0) is 34.7 Å².